The quantitative estimate of drug-likeness (QED) is 0.549. The summed E-state index contributed by atoms with van der Waals surface area (Å²) in [6.07, 6.45) is 0.999. The molecule has 1 aromatic rings. The van der Waals surface area contributed by atoms with Crippen molar-refractivity contribution in [3.05, 3.63) is 38.8 Å². The summed E-state index contributed by atoms with van der Waals surface area (Å²) >= 11 is 0. The van der Waals surface area contributed by atoms with Gasteiger partial charge in [-0.05, 0) is 6.42 Å². The molecule has 2 N–H and O–H groups in total. The molecule has 1 heterocycles. The third-order valence-corrected chi connectivity index (χ3v) is 2.80. The van der Waals surface area contributed by atoms with E-state index < -0.39 is 28.4 Å². The van der Waals surface area contributed by atoms with Crippen molar-refractivity contribution in [3.8, 4) is 0 Å². The molecule has 0 spiro atoms. The van der Waals surface area contributed by atoms with E-state index in [1.165, 1.54) is 0 Å². The summed E-state index contributed by atoms with van der Waals surface area (Å²) in [6, 6.07) is 1.16. The minimum Gasteiger partial charge on any atom is -0.481 e. The molecule has 21 heavy (non-hydrogen) atoms. The Morgan fingerprint density at radius 3 is 2.67 bits per heavy atom. The Labute approximate surface area is 119 Å². The van der Waals surface area contributed by atoms with Crippen LogP contribution in [0.2, 0.25) is 0 Å². The van der Waals surface area contributed by atoms with E-state index in [-0.39, 0.29) is 25.1 Å². The number of hydrogen-bond donors (Lipinski definition) is 2. The van der Waals surface area contributed by atoms with Gasteiger partial charge in [0.15, 0.2) is 0 Å². The van der Waals surface area contributed by atoms with Crippen LogP contribution >= 0.6 is 0 Å². The van der Waals surface area contributed by atoms with Crippen molar-refractivity contribution in [1.29, 1.82) is 0 Å². The molecule has 0 aliphatic rings. The lowest BCUT2D eigenvalue weighted by Gasteiger charge is -2.17. The molecule has 1 unspecified atom stereocenters. The van der Waals surface area contributed by atoms with Crippen molar-refractivity contribution in [1.82, 2.24) is 9.88 Å². The first-order valence-electron chi connectivity index (χ1n) is 6.23. The first kappa shape index (κ1) is 16.3. The number of aliphatic carboxylic acids is 1. The molecule has 9 nitrogen and oxygen atoms in total. The van der Waals surface area contributed by atoms with Gasteiger partial charge < -0.3 is 10.4 Å². The summed E-state index contributed by atoms with van der Waals surface area (Å²) in [6.45, 7) is 1.57. The number of nitro groups is 1. The van der Waals surface area contributed by atoms with Gasteiger partial charge in [0.05, 0.1) is 17.5 Å². The van der Waals surface area contributed by atoms with E-state index in [0.29, 0.717) is 0 Å². The van der Waals surface area contributed by atoms with Crippen LogP contribution < -0.4 is 10.9 Å². The van der Waals surface area contributed by atoms with Gasteiger partial charge in [0.25, 0.3) is 11.2 Å². The molecule has 0 aliphatic carbocycles. The van der Waals surface area contributed by atoms with Crippen molar-refractivity contribution in [2.75, 3.05) is 6.54 Å². The smallest absolute Gasteiger partial charge is 0.305 e. The Morgan fingerprint density at radius 1 is 1.48 bits per heavy atom. The van der Waals surface area contributed by atoms with Gasteiger partial charge in [-0.15, -0.1) is 0 Å². The first-order valence-corrected chi connectivity index (χ1v) is 6.23. The summed E-state index contributed by atoms with van der Waals surface area (Å²) in [7, 11) is 0. The summed E-state index contributed by atoms with van der Waals surface area (Å²) < 4.78 is 0.980. The molecule has 0 bridgehead atoms. The monoisotopic (exact) mass is 297 g/mol. The second-order valence-corrected chi connectivity index (χ2v) is 4.25. The molecule has 1 rings (SSSR count). The van der Waals surface area contributed by atoms with E-state index in [2.05, 4.69) is 5.32 Å². The maximum absolute atomic E-state index is 12.0. The molecule has 0 aromatic carbocycles. The maximum atomic E-state index is 12.0. The van der Waals surface area contributed by atoms with Crippen molar-refractivity contribution < 1.29 is 19.6 Å². The predicted octanol–water partition coefficient (Wildman–Crippen LogP) is 0.298. The lowest BCUT2D eigenvalue weighted by Crippen LogP contribution is -2.37. The van der Waals surface area contributed by atoms with E-state index in [4.69, 9.17) is 5.11 Å². The number of amides is 1. The van der Waals surface area contributed by atoms with Gasteiger partial charge in [0.1, 0.15) is 6.04 Å². The molecule has 0 radical (unpaired) electrons. The Bertz CT molecular complexity index is 609. The number of pyridine rings is 1. The van der Waals surface area contributed by atoms with E-state index >= 15 is 0 Å². The van der Waals surface area contributed by atoms with Gasteiger partial charge in [-0.3, -0.25) is 29.1 Å². The molecule has 9 heteroatoms. The zero-order valence-corrected chi connectivity index (χ0v) is 11.3. The molecule has 1 aromatic heterocycles. The van der Waals surface area contributed by atoms with E-state index in [1.807, 2.05) is 0 Å². The van der Waals surface area contributed by atoms with E-state index in [1.54, 1.807) is 6.92 Å². The third kappa shape index (κ3) is 4.41. The Hall–Kier alpha value is -2.71. The highest BCUT2D eigenvalue weighted by Gasteiger charge is 2.21. The van der Waals surface area contributed by atoms with Gasteiger partial charge in [-0.1, -0.05) is 6.92 Å². The fraction of sp³-hybridized carbons (Fsp3) is 0.417. The van der Waals surface area contributed by atoms with Gasteiger partial charge in [-0.2, -0.15) is 0 Å². The molecule has 0 saturated carbocycles. The summed E-state index contributed by atoms with van der Waals surface area (Å²) in [5.74, 6) is -1.61. The Morgan fingerprint density at radius 2 is 2.14 bits per heavy atom. The number of carbonyl (C=O) groups is 2. The lowest BCUT2D eigenvalue weighted by molar-refractivity contribution is -0.385. The number of nitrogens with one attached hydrogen (secondary N) is 1. The molecular weight excluding hydrogens is 282 g/mol. The average Bonchev–Trinajstić information content (AvgIpc) is 2.40. The van der Waals surface area contributed by atoms with Crippen molar-refractivity contribution in [2.24, 2.45) is 0 Å². The van der Waals surface area contributed by atoms with Crippen LogP contribution in [0.5, 0.6) is 0 Å². The number of carboxylic acids is 1. The Balaban J connectivity index is 2.96. The largest absolute Gasteiger partial charge is 0.481 e. The second-order valence-electron chi connectivity index (χ2n) is 4.25. The number of nitrogens with zero attached hydrogens (tertiary/aromatic N) is 2. The van der Waals surface area contributed by atoms with Crippen LogP contribution in [0.25, 0.3) is 0 Å². The van der Waals surface area contributed by atoms with Crippen LogP contribution in [0.3, 0.4) is 0 Å². The van der Waals surface area contributed by atoms with Crippen molar-refractivity contribution in [2.45, 2.75) is 25.8 Å². The summed E-state index contributed by atoms with van der Waals surface area (Å²) in [5, 5.41) is 21.6. The minimum atomic E-state index is -1.06. The molecule has 0 saturated heterocycles. The molecule has 1 atom stereocenters. The standard InChI is InChI=1S/C12H15N3O6/c1-2-9(12(19)13-6-5-11(17)18)14-7-8(15(20)21)3-4-10(14)16/h3-4,7,9H,2,5-6H2,1H3,(H,13,19)(H,17,18). The molecule has 0 fully saturated rings. The zero-order chi connectivity index (χ0) is 16.0. The molecule has 114 valence electrons. The fourth-order valence-electron chi connectivity index (χ4n) is 1.76. The number of aromatic nitrogens is 1. The highest BCUT2D eigenvalue weighted by Crippen LogP contribution is 2.14. The van der Waals surface area contributed by atoms with E-state index in [0.717, 1.165) is 22.9 Å². The van der Waals surface area contributed by atoms with Gasteiger partial charge in [-0.25, -0.2) is 0 Å². The fourth-order valence-corrected chi connectivity index (χ4v) is 1.76. The van der Waals surface area contributed by atoms with Crippen LogP contribution in [-0.2, 0) is 9.59 Å². The highest BCUT2D eigenvalue weighted by atomic mass is 16.6. The van der Waals surface area contributed by atoms with E-state index in [9.17, 15) is 24.5 Å². The molecule has 0 aliphatic heterocycles. The zero-order valence-electron chi connectivity index (χ0n) is 11.3. The minimum absolute atomic E-state index is 0.0751. The topological polar surface area (TPSA) is 132 Å². The number of rotatable bonds is 7. The average molecular weight is 297 g/mol. The SMILES string of the molecule is CCC(C(=O)NCCC(=O)O)n1cc([N+](=O)[O-])ccc1=O. The highest BCUT2D eigenvalue weighted by molar-refractivity contribution is 5.80. The summed E-state index contributed by atoms with van der Waals surface area (Å²) in [4.78, 5) is 44.1. The van der Waals surface area contributed by atoms with Gasteiger partial charge in [0.2, 0.25) is 5.91 Å². The molecule has 1 amide bonds. The van der Waals surface area contributed by atoms with Crippen LogP contribution in [-0.4, -0.2) is 33.0 Å². The lowest BCUT2D eigenvalue weighted by atomic mass is 10.2. The Kier molecular flexibility index (Phi) is 5.58. The molecular formula is C12H15N3O6. The van der Waals surface area contributed by atoms with Crippen molar-refractivity contribution >= 4 is 17.6 Å². The normalized spacial score (nSPS) is 11.7. The third-order valence-electron chi connectivity index (χ3n) is 2.80. The maximum Gasteiger partial charge on any atom is 0.305 e. The van der Waals surface area contributed by atoms with Crippen LogP contribution in [0.15, 0.2) is 23.1 Å². The van der Waals surface area contributed by atoms with Crippen LogP contribution in [0.4, 0.5) is 5.69 Å². The summed E-state index contributed by atoms with van der Waals surface area (Å²) in [5.41, 5.74) is -0.841. The number of carbonyl (C=O) groups excluding carboxylic acids is 1. The first-order chi connectivity index (χ1) is 9.86. The van der Waals surface area contributed by atoms with Crippen LogP contribution in [0, 0.1) is 10.1 Å². The number of carboxylic acid groups (broad SMARTS) is 1. The van der Waals surface area contributed by atoms with Crippen molar-refractivity contribution in [3.63, 3.8) is 0 Å². The second kappa shape index (κ2) is 7.17. The van der Waals surface area contributed by atoms with Gasteiger partial charge >= 0.3 is 5.97 Å². The number of hydrogen-bond acceptors (Lipinski definition) is 5. The van der Waals surface area contributed by atoms with Crippen LogP contribution in [0.1, 0.15) is 25.8 Å². The predicted molar refractivity (Wildman–Crippen MR) is 71.9 cm³/mol. The van der Waals surface area contributed by atoms with Gasteiger partial charge in [0, 0.05) is 18.7 Å².